The van der Waals surface area contributed by atoms with Gasteiger partial charge in [0.05, 0.1) is 13.0 Å². The van der Waals surface area contributed by atoms with Gasteiger partial charge in [0, 0.05) is 12.8 Å². The maximum Gasteiger partial charge on any atom is 0.240 e. The molecular formula is C19H20N2O3. The maximum absolute atomic E-state index is 12.3. The van der Waals surface area contributed by atoms with E-state index in [0.29, 0.717) is 13.0 Å². The number of ether oxygens (including phenoxy) is 1. The van der Waals surface area contributed by atoms with Gasteiger partial charge >= 0.3 is 0 Å². The summed E-state index contributed by atoms with van der Waals surface area (Å²) in [4.78, 5) is 23.9. The monoisotopic (exact) mass is 324 g/mol. The summed E-state index contributed by atoms with van der Waals surface area (Å²) in [6.45, 7) is 0.686. The van der Waals surface area contributed by atoms with Crippen molar-refractivity contribution in [2.75, 3.05) is 6.61 Å². The van der Waals surface area contributed by atoms with E-state index in [9.17, 15) is 9.59 Å². The lowest BCUT2D eigenvalue weighted by atomic mass is 10.0. The van der Waals surface area contributed by atoms with Crippen LogP contribution in [-0.4, -0.2) is 24.5 Å². The number of carbonyl (C=O) groups excluding carboxylic acids is 2. The number of rotatable bonds is 6. The van der Waals surface area contributed by atoms with Crippen molar-refractivity contribution in [2.45, 2.75) is 25.3 Å². The Kier molecular flexibility index (Phi) is 4.79. The predicted molar refractivity (Wildman–Crippen MR) is 90.6 cm³/mol. The molecule has 0 saturated heterocycles. The fraction of sp³-hybridized carbons (Fsp3) is 0.263. The number of fused-ring (bicyclic) bond motifs is 1. The van der Waals surface area contributed by atoms with E-state index < -0.39 is 11.9 Å². The summed E-state index contributed by atoms with van der Waals surface area (Å²) < 4.78 is 5.46. The Bertz CT molecular complexity index is 744. The number of carbonyl (C=O) groups is 2. The topological polar surface area (TPSA) is 81.4 Å². The van der Waals surface area contributed by atoms with E-state index >= 15 is 0 Å². The Morgan fingerprint density at radius 3 is 2.67 bits per heavy atom. The van der Waals surface area contributed by atoms with Crippen LogP contribution in [0.1, 0.15) is 16.7 Å². The van der Waals surface area contributed by atoms with Crippen molar-refractivity contribution in [2.24, 2.45) is 5.73 Å². The van der Waals surface area contributed by atoms with Gasteiger partial charge in [0.1, 0.15) is 11.8 Å². The minimum absolute atomic E-state index is 0.214. The third kappa shape index (κ3) is 3.93. The first kappa shape index (κ1) is 16.1. The summed E-state index contributed by atoms with van der Waals surface area (Å²) in [6, 6.07) is 14.5. The molecule has 5 nitrogen and oxygen atoms in total. The molecule has 0 unspecified atom stereocenters. The zero-order valence-corrected chi connectivity index (χ0v) is 13.3. The van der Waals surface area contributed by atoms with Crippen molar-refractivity contribution in [3.05, 3.63) is 65.2 Å². The Morgan fingerprint density at radius 1 is 1.12 bits per heavy atom. The minimum Gasteiger partial charge on any atom is -0.493 e. The Hall–Kier alpha value is -2.82. The van der Waals surface area contributed by atoms with Gasteiger partial charge in [0.25, 0.3) is 0 Å². The van der Waals surface area contributed by atoms with E-state index in [1.54, 1.807) is 0 Å². The van der Waals surface area contributed by atoms with Gasteiger partial charge < -0.3 is 15.8 Å². The molecular weight excluding hydrogens is 304 g/mol. The average Bonchev–Trinajstić information content (AvgIpc) is 3.02. The standard InChI is InChI=1S/C19H20N2O3/c20-19(23)16(11-13-4-2-1-3-5-13)21-18(22)12-14-6-7-17-15(10-14)8-9-24-17/h1-7,10,16H,8-9,11-12H2,(H2,20,23)(H,21,22)/t16-/m0/s1. The largest absolute Gasteiger partial charge is 0.493 e. The first-order valence-corrected chi connectivity index (χ1v) is 7.99. The van der Waals surface area contributed by atoms with Crippen LogP contribution in [0.3, 0.4) is 0 Å². The van der Waals surface area contributed by atoms with Crippen LogP contribution in [0.4, 0.5) is 0 Å². The van der Waals surface area contributed by atoms with Crippen molar-refractivity contribution in [1.29, 1.82) is 0 Å². The quantitative estimate of drug-likeness (QED) is 0.842. The maximum atomic E-state index is 12.3. The van der Waals surface area contributed by atoms with Crippen LogP contribution in [0.2, 0.25) is 0 Å². The lowest BCUT2D eigenvalue weighted by Crippen LogP contribution is -2.46. The smallest absolute Gasteiger partial charge is 0.240 e. The van der Waals surface area contributed by atoms with Crippen LogP contribution in [0, 0.1) is 0 Å². The second-order valence-electron chi connectivity index (χ2n) is 5.93. The van der Waals surface area contributed by atoms with Gasteiger partial charge in [-0.05, 0) is 22.8 Å². The minimum atomic E-state index is -0.710. The fourth-order valence-corrected chi connectivity index (χ4v) is 2.85. The van der Waals surface area contributed by atoms with Gasteiger partial charge in [-0.1, -0.05) is 42.5 Å². The summed E-state index contributed by atoms with van der Waals surface area (Å²) in [5.74, 6) is 0.140. The molecule has 5 heteroatoms. The lowest BCUT2D eigenvalue weighted by Gasteiger charge is -2.16. The van der Waals surface area contributed by atoms with Gasteiger partial charge in [0.15, 0.2) is 0 Å². The van der Waals surface area contributed by atoms with Crippen LogP contribution in [0.5, 0.6) is 5.75 Å². The molecule has 1 heterocycles. The molecule has 0 radical (unpaired) electrons. The van der Waals surface area contributed by atoms with Crippen molar-refractivity contribution < 1.29 is 14.3 Å². The number of nitrogens with one attached hydrogen (secondary N) is 1. The second kappa shape index (κ2) is 7.17. The van der Waals surface area contributed by atoms with Crippen molar-refractivity contribution in [3.63, 3.8) is 0 Å². The number of nitrogens with two attached hydrogens (primary N) is 1. The fourth-order valence-electron chi connectivity index (χ4n) is 2.85. The summed E-state index contributed by atoms with van der Waals surface area (Å²) in [5, 5.41) is 2.74. The average molecular weight is 324 g/mol. The lowest BCUT2D eigenvalue weighted by molar-refractivity contribution is -0.127. The van der Waals surface area contributed by atoms with Crippen molar-refractivity contribution in [1.82, 2.24) is 5.32 Å². The van der Waals surface area contributed by atoms with E-state index in [2.05, 4.69) is 5.32 Å². The number of primary amides is 1. The summed E-state index contributed by atoms with van der Waals surface area (Å²) in [5.41, 5.74) is 8.41. The molecule has 3 N–H and O–H groups in total. The Labute approximate surface area is 140 Å². The van der Waals surface area contributed by atoms with Crippen LogP contribution in [0.15, 0.2) is 48.5 Å². The molecule has 124 valence electrons. The van der Waals surface area contributed by atoms with Crippen molar-refractivity contribution in [3.8, 4) is 5.75 Å². The highest BCUT2D eigenvalue weighted by molar-refractivity contribution is 5.87. The zero-order valence-electron chi connectivity index (χ0n) is 13.3. The summed E-state index contributed by atoms with van der Waals surface area (Å²) in [6.07, 6.45) is 1.47. The van der Waals surface area contributed by atoms with E-state index in [-0.39, 0.29) is 12.3 Å². The molecule has 3 rings (SSSR count). The number of benzene rings is 2. The first-order chi connectivity index (χ1) is 11.6. The highest BCUT2D eigenvalue weighted by Gasteiger charge is 2.19. The molecule has 2 aromatic carbocycles. The highest BCUT2D eigenvalue weighted by atomic mass is 16.5. The van der Waals surface area contributed by atoms with Crippen LogP contribution in [-0.2, 0) is 28.9 Å². The normalized spacial score (nSPS) is 13.7. The van der Waals surface area contributed by atoms with Crippen molar-refractivity contribution >= 4 is 11.8 Å². The van der Waals surface area contributed by atoms with Crippen LogP contribution >= 0.6 is 0 Å². The molecule has 0 aliphatic carbocycles. The van der Waals surface area contributed by atoms with E-state index in [1.807, 2.05) is 48.5 Å². The molecule has 0 saturated carbocycles. The summed E-state index contributed by atoms with van der Waals surface area (Å²) in [7, 11) is 0. The van der Waals surface area contributed by atoms with Gasteiger partial charge in [0.2, 0.25) is 11.8 Å². The van der Waals surface area contributed by atoms with E-state index in [0.717, 1.165) is 28.9 Å². The second-order valence-corrected chi connectivity index (χ2v) is 5.93. The Morgan fingerprint density at radius 2 is 1.92 bits per heavy atom. The summed E-state index contributed by atoms with van der Waals surface area (Å²) >= 11 is 0. The van der Waals surface area contributed by atoms with Crippen LogP contribution < -0.4 is 15.8 Å². The highest BCUT2D eigenvalue weighted by Crippen LogP contribution is 2.25. The van der Waals surface area contributed by atoms with E-state index in [4.69, 9.17) is 10.5 Å². The van der Waals surface area contributed by atoms with Gasteiger partial charge in [-0.15, -0.1) is 0 Å². The molecule has 2 amide bonds. The molecule has 0 aromatic heterocycles. The third-order valence-electron chi connectivity index (χ3n) is 4.08. The third-order valence-corrected chi connectivity index (χ3v) is 4.08. The molecule has 0 spiro atoms. The molecule has 1 atom stereocenters. The van der Waals surface area contributed by atoms with Gasteiger partial charge in [-0.2, -0.15) is 0 Å². The molecule has 24 heavy (non-hydrogen) atoms. The SMILES string of the molecule is NC(=O)[C@H](Cc1ccccc1)NC(=O)Cc1ccc2c(c1)CCO2. The van der Waals surface area contributed by atoms with E-state index in [1.165, 1.54) is 0 Å². The molecule has 2 aromatic rings. The first-order valence-electron chi connectivity index (χ1n) is 7.99. The zero-order chi connectivity index (χ0) is 16.9. The number of hydrogen-bond donors (Lipinski definition) is 2. The molecule has 1 aliphatic heterocycles. The molecule has 0 fully saturated rings. The van der Waals surface area contributed by atoms with Gasteiger partial charge in [-0.25, -0.2) is 0 Å². The van der Waals surface area contributed by atoms with Gasteiger partial charge in [-0.3, -0.25) is 9.59 Å². The number of hydrogen-bond acceptors (Lipinski definition) is 3. The Balaban J connectivity index is 1.62. The predicted octanol–water partition coefficient (Wildman–Crippen LogP) is 1.38. The molecule has 1 aliphatic rings. The number of amides is 2. The van der Waals surface area contributed by atoms with Crippen LogP contribution in [0.25, 0.3) is 0 Å². The molecule has 0 bridgehead atoms.